The van der Waals surface area contributed by atoms with Crippen LogP contribution in [0.3, 0.4) is 0 Å². The molecule has 0 spiro atoms. The molecule has 0 radical (unpaired) electrons. The van der Waals surface area contributed by atoms with Gasteiger partial charge < -0.3 is 9.80 Å². The molecule has 142 valence electrons. The van der Waals surface area contributed by atoms with Gasteiger partial charge in [-0.05, 0) is 43.7 Å². The Kier molecular flexibility index (Phi) is 6.28. The number of hydrogen-bond acceptors (Lipinski definition) is 3. The van der Waals surface area contributed by atoms with Crippen LogP contribution in [0.5, 0.6) is 0 Å². The molecule has 1 aromatic rings. The van der Waals surface area contributed by atoms with Crippen LogP contribution in [0.2, 0.25) is 0 Å². The van der Waals surface area contributed by atoms with Crippen LogP contribution < -0.4 is 0 Å². The molecule has 3 rings (SSSR count). The van der Waals surface area contributed by atoms with Gasteiger partial charge in [0.25, 0.3) is 0 Å². The van der Waals surface area contributed by atoms with Gasteiger partial charge in [-0.25, -0.2) is 0 Å². The zero-order valence-corrected chi connectivity index (χ0v) is 16.1. The fourth-order valence-electron chi connectivity index (χ4n) is 4.53. The molecule has 1 saturated heterocycles. The predicted octanol–water partition coefficient (Wildman–Crippen LogP) is 3.42. The Morgan fingerprint density at radius 2 is 1.88 bits per heavy atom. The van der Waals surface area contributed by atoms with Crippen molar-refractivity contribution in [3.63, 3.8) is 0 Å². The highest BCUT2D eigenvalue weighted by Crippen LogP contribution is 2.30. The SMILES string of the molecule is CCC(c1cccnc1)N(C)C(=O)C1CCN(C(=O)C2CCCC2)CC1. The van der Waals surface area contributed by atoms with Gasteiger partial charge in [-0.1, -0.05) is 25.8 Å². The third-order valence-corrected chi connectivity index (χ3v) is 6.13. The Bertz CT molecular complexity index is 605. The maximum Gasteiger partial charge on any atom is 0.226 e. The van der Waals surface area contributed by atoms with E-state index in [0.717, 1.165) is 50.8 Å². The molecule has 2 fully saturated rings. The molecule has 0 bridgehead atoms. The molecule has 26 heavy (non-hydrogen) atoms. The number of carbonyl (C=O) groups is 2. The van der Waals surface area contributed by atoms with E-state index in [-0.39, 0.29) is 23.8 Å². The highest BCUT2D eigenvalue weighted by atomic mass is 16.2. The molecule has 2 aliphatic rings. The summed E-state index contributed by atoms with van der Waals surface area (Å²) in [6, 6.07) is 4.02. The lowest BCUT2D eigenvalue weighted by Gasteiger charge is -2.36. The number of piperidine rings is 1. The average molecular weight is 357 g/mol. The minimum Gasteiger partial charge on any atom is -0.342 e. The quantitative estimate of drug-likeness (QED) is 0.811. The number of pyridine rings is 1. The van der Waals surface area contributed by atoms with Crippen molar-refractivity contribution in [2.24, 2.45) is 11.8 Å². The second kappa shape index (κ2) is 8.65. The largest absolute Gasteiger partial charge is 0.342 e. The maximum atomic E-state index is 13.0. The topological polar surface area (TPSA) is 53.5 Å². The first-order valence-electron chi connectivity index (χ1n) is 10.1. The number of likely N-dealkylation sites (tertiary alicyclic amines) is 1. The van der Waals surface area contributed by atoms with E-state index < -0.39 is 0 Å². The third-order valence-electron chi connectivity index (χ3n) is 6.13. The molecule has 1 saturated carbocycles. The molecular weight excluding hydrogens is 326 g/mol. The number of nitrogens with zero attached hydrogens (tertiary/aromatic N) is 3. The highest BCUT2D eigenvalue weighted by Gasteiger charge is 2.34. The maximum absolute atomic E-state index is 13.0. The van der Waals surface area contributed by atoms with Crippen LogP contribution in [-0.2, 0) is 9.59 Å². The summed E-state index contributed by atoms with van der Waals surface area (Å²) in [6.07, 6.45) is 10.5. The molecular formula is C21H31N3O2. The number of carbonyl (C=O) groups excluding carboxylic acids is 2. The van der Waals surface area contributed by atoms with E-state index in [1.54, 1.807) is 6.20 Å². The van der Waals surface area contributed by atoms with Crippen molar-refractivity contribution in [2.75, 3.05) is 20.1 Å². The van der Waals surface area contributed by atoms with Crippen molar-refractivity contribution in [1.29, 1.82) is 0 Å². The van der Waals surface area contributed by atoms with Crippen molar-refractivity contribution in [3.8, 4) is 0 Å². The lowest BCUT2D eigenvalue weighted by Crippen LogP contribution is -2.45. The first-order chi connectivity index (χ1) is 12.6. The number of rotatable bonds is 5. The van der Waals surface area contributed by atoms with Crippen LogP contribution in [0.15, 0.2) is 24.5 Å². The molecule has 5 heteroatoms. The summed E-state index contributed by atoms with van der Waals surface area (Å²) < 4.78 is 0. The van der Waals surface area contributed by atoms with Gasteiger partial charge in [0, 0.05) is 44.4 Å². The Hall–Kier alpha value is -1.91. The molecule has 1 aromatic heterocycles. The summed E-state index contributed by atoms with van der Waals surface area (Å²) in [6.45, 7) is 3.55. The van der Waals surface area contributed by atoms with Crippen molar-refractivity contribution in [1.82, 2.24) is 14.8 Å². The molecule has 2 heterocycles. The van der Waals surface area contributed by atoms with Crippen LogP contribution in [0.1, 0.15) is 63.5 Å². The zero-order valence-electron chi connectivity index (χ0n) is 16.1. The number of amides is 2. The van der Waals surface area contributed by atoms with Gasteiger partial charge in [0.15, 0.2) is 0 Å². The van der Waals surface area contributed by atoms with Crippen LogP contribution in [0.4, 0.5) is 0 Å². The van der Waals surface area contributed by atoms with Crippen LogP contribution in [0, 0.1) is 11.8 Å². The van der Waals surface area contributed by atoms with Gasteiger partial charge in [-0.3, -0.25) is 14.6 Å². The molecule has 1 aliphatic heterocycles. The summed E-state index contributed by atoms with van der Waals surface area (Å²) in [5.41, 5.74) is 1.08. The summed E-state index contributed by atoms with van der Waals surface area (Å²) in [4.78, 5) is 33.7. The first-order valence-corrected chi connectivity index (χ1v) is 10.1. The predicted molar refractivity (Wildman–Crippen MR) is 101 cm³/mol. The Morgan fingerprint density at radius 3 is 2.46 bits per heavy atom. The molecule has 0 aromatic carbocycles. The molecule has 1 unspecified atom stereocenters. The van der Waals surface area contributed by atoms with Crippen molar-refractivity contribution in [2.45, 2.75) is 57.9 Å². The Balaban J connectivity index is 1.56. The third kappa shape index (κ3) is 4.08. The first kappa shape index (κ1) is 18.9. The van der Waals surface area contributed by atoms with E-state index in [2.05, 4.69) is 11.9 Å². The van der Waals surface area contributed by atoms with Gasteiger partial charge in [-0.15, -0.1) is 0 Å². The van der Waals surface area contributed by atoms with Gasteiger partial charge in [0.05, 0.1) is 6.04 Å². The van der Waals surface area contributed by atoms with Gasteiger partial charge in [-0.2, -0.15) is 0 Å². The van der Waals surface area contributed by atoms with Gasteiger partial charge >= 0.3 is 0 Å². The number of hydrogen-bond donors (Lipinski definition) is 0. The van der Waals surface area contributed by atoms with Crippen LogP contribution in [-0.4, -0.2) is 46.7 Å². The zero-order chi connectivity index (χ0) is 18.5. The minimum absolute atomic E-state index is 0.0262. The molecule has 5 nitrogen and oxygen atoms in total. The van der Waals surface area contributed by atoms with Gasteiger partial charge in [0.2, 0.25) is 11.8 Å². The molecule has 0 N–H and O–H groups in total. The second-order valence-electron chi connectivity index (χ2n) is 7.74. The Labute approximate surface area is 156 Å². The molecule has 1 atom stereocenters. The monoisotopic (exact) mass is 357 g/mol. The smallest absolute Gasteiger partial charge is 0.226 e. The highest BCUT2D eigenvalue weighted by molar-refractivity contribution is 5.81. The summed E-state index contributed by atoms with van der Waals surface area (Å²) in [5.74, 6) is 0.788. The molecule has 2 amide bonds. The minimum atomic E-state index is 0.0262. The van der Waals surface area contributed by atoms with Crippen LogP contribution in [0.25, 0.3) is 0 Å². The van der Waals surface area contributed by atoms with E-state index in [1.807, 2.05) is 35.2 Å². The standard InChI is InChI=1S/C21H31N3O2/c1-3-19(18-9-6-12-22-15-18)23(2)20(25)17-10-13-24(14-11-17)21(26)16-7-4-5-8-16/h6,9,12,15-17,19H,3-5,7-8,10-11,13-14H2,1-2H3. The van der Waals surface area contributed by atoms with Crippen molar-refractivity contribution in [3.05, 3.63) is 30.1 Å². The summed E-state index contributed by atoms with van der Waals surface area (Å²) in [5, 5.41) is 0. The van der Waals surface area contributed by atoms with Crippen molar-refractivity contribution < 1.29 is 9.59 Å². The van der Waals surface area contributed by atoms with E-state index in [1.165, 1.54) is 12.8 Å². The second-order valence-corrected chi connectivity index (χ2v) is 7.74. The van der Waals surface area contributed by atoms with Gasteiger partial charge in [0.1, 0.15) is 0 Å². The molecule has 1 aliphatic carbocycles. The van der Waals surface area contributed by atoms with Crippen molar-refractivity contribution >= 4 is 11.8 Å². The van der Waals surface area contributed by atoms with E-state index in [0.29, 0.717) is 5.91 Å². The lowest BCUT2D eigenvalue weighted by molar-refractivity contribution is -0.143. The average Bonchev–Trinajstić information content (AvgIpc) is 3.23. The summed E-state index contributed by atoms with van der Waals surface area (Å²) >= 11 is 0. The fourth-order valence-corrected chi connectivity index (χ4v) is 4.53. The van der Waals surface area contributed by atoms with E-state index in [4.69, 9.17) is 0 Å². The fraction of sp³-hybridized carbons (Fsp3) is 0.667. The van der Waals surface area contributed by atoms with E-state index >= 15 is 0 Å². The lowest BCUT2D eigenvalue weighted by atomic mass is 9.93. The Morgan fingerprint density at radius 1 is 1.19 bits per heavy atom. The van der Waals surface area contributed by atoms with E-state index in [9.17, 15) is 9.59 Å². The normalized spacial score (nSPS) is 20.2. The number of aromatic nitrogens is 1. The van der Waals surface area contributed by atoms with Crippen LogP contribution >= 0.6 is 0 Å². The summed E-state index contributed by atoms with van der Waals surface area (Å²) in [7, 11) is 1.90.